The largest absolute Gasteiger partial charge is 0.495 e. The Balaban J connectivity index is 1.29. The van der Waals surface area contributed by atoms with E-state index in [1.807, 2.05) is 37.5 Å². The van der Waals surface area contributed by atoms with Crippen LogP contribution in [0, 0.1) is 6.92 Å². The van der Waals surface area contributed by atoms with E-state index in [9.17, 15) is 0 Å². The number of hydrogen-bond donors (Lipinski definition) is 0. The van der Waals surface area contributed by atoms with Crippen LogP contribution in [-0.4, -0.2) is 45.9 Å². The van der Waals surface area contributed by atoms with Crippen molar-refractivity contribution in [1.29, 1.82) is 0 Å². The first-order valence-corrected chi connectivity index (χ1v) is 11.0. The van der Waals surface area contributed by atoms with E-state index >= 15 is 0 Å². The standard InChI is InChI=1S/C24H24ClN5O2/c1-16-3-5-19(13-26-16)32-18-7-9-29(10-8-18)23-6-4-17(12-27-23)21-11-20(31-2)15-30-24(21)22(25)14-28-30/h3-6,11-15,18H,7-10H2,1-2H3. The number of piperidine rings is 1. The van der Waals surface area contributed by atoms with Gasteiger partial charge in [0.15, 0.2) is 0 Å². The maximum atomic E-state index is 6.39. The van der Waals surface area contributed by atoms with Crippen molar-refractivity contribution in [2.45, 2.75) is 25.9 Å². The molecule has 8 heteroatoms. The molecule has 7 nitrogen and oxygen atoms in total. The minimum atomic E-state index is 0.198. The highest BCUT2D eigenvalue weighted by Crippen LogP contribution is 2.33. The maximum absolute atomic E-state index is 6.39. The number of halogens is 1. The van der Waals surface area contributed by atoms with Gasteiger partial charge in [0.2, 0.25) is 0 Å². The Morgan fingerprint density at radius 1 is 1.00 bits per heavy atom. The molecule has 0 saturated carbocycles. The monoisotopic (exact) mass is 449 g/mol. The van der Waals surface area contributed by atoms with Crippen molar-refractivity contribution in [1.82, 2.24) is 19.6 Å². The number of pyridine rings is 3. The molecule has 1 saturated heterocycles. The summed E-state index contributed by atoms with van der Waals surface area (Å²) in [6.45, 7) is 3.77. The molecule has 4 aromatic heterocycles. The molecule has 0 N–H and O–H groups in total. The van der Waals surface area contributed by atoms with Crippen molar-refractivity contribution in [3.63, 3.8) is 0 Å². The Bertz CT molecular complexity index is 1220. The van der Waals surface area contributed by atoms with Gasteiger partial charge in [-0.2, -0.15) is 5.10 Å². The minimum absolute atomic E-state index is 0.198. The fourth-order valence-electron chi connectivity index (χ4n) is 4.04. The number of ether oxygens (including phenoxy) is 2. The van der Waals surface area contributed by atoms with Gasteiger partial charge in [-0.25, -0.2) is 9.50 Å². The Morgan fingerprint density at radius 3 is 2.53 bits per heavy atom. The lowest BCUT2D eigenvalue weighted by Gasteiger charge is -2.33. The van der Waals surface area contributed by atoms with Gasteiger partial charge in [0.25, 0.3) is 0 Å². The van der Waals surface area contributed by atoms with Crippen LogP contribution < -0.4 is 14.4 Å². The molecular formula is C24H24ClN5O2. The van der Waals surface area contributed by atoms with Gasteiger partial charge in [0, 0.05) is 48.9 Å². The molecule has 0 radical (unpaired) electrons. The normalized spacial score (nSPS) is 14.7. The van der Waals surface area contributed by atoms with Gasteiger partial charge in [-0.3, -0.25) is 4.98 Å². The highest BCUT2D eigenvalue weighted by Gasteiger charge is 2.22. The van der Waals surface area contributed by atoms with Crippen LogP contribution in [0.2, 0.25) is 5.02 Å². The topological polar surface area (TPSA) is 64.8 Å². The first kappa shape index (κ1) is 20.6. The zero-order valence-corrected chi connectivity index (χ0v) is 18.8. The first-order valence-electron chi connectivity index (χ1n) is 10.6. The summed E-state index contributed by atoms with van der Waals surface area (Å²) in [6, 6.07) is 10.0. The summed E-state index contributed by atoms with van der Waals surface area (Å²) < 4.78 is 13.3. The summed E-state index contributed by atoms with van der Waals surface area (Å²) in [5.74, 6) is 2.50. The quantitative estimate of drug-likeness (QED) is 0.435. The highest BCUT2D eigenvalue weighted by atomic mass is 35.5. The number of rotatable bonds is 5. The van der Waals surface area contributed by atoms with Crippen molar-refractivity contribution in [3.05, 3.63) is 65.8 Å². The third-order valence-electron chi connectivity index (χ3n) is 5.79. The fourth-order valence-corrected chi connectivity index (χ4v) is 4.27. The van der Waals surface area contributed by atoms with E-state index in [2.05, 4.69) is 27.1 Å². The second-order valence-corrected chi connectivity index (χ2v) is 8.33. The lowest BCUT2D eigenvalue weighted by molar-refractivity contribution is 0.170. The molecule has 0 aromatic carbocycles. The zero-order chi connectivity index (χ0) is 22.1. The van der Waals surface area contributed by atoms with Crippen molar-refractivity contribution in [3.8, 4) is 22.6 Å². The molecule has 0 bridgehead atoms. The molecule has 0 unspecified atom stereocenters. The minimum Gasteiger partial charge on any atom is -0.495 e. The van der Waals surface area contributed by atoms with Crippen LogP contribution in [-0.2, 0) is 0 Å². The third-order valence-corrected chi connectivity index (χ3v) is 6.07. The smallest absolute Gasteiger partial charge is 0.138 e. The lowest BCUT2D eigenvalue weighted by atomic mass is 10.1. The zero-order valence-electron chi connectivity index (χ0n) is 18.0. The van der Waals surface area contributed by atoms with E-state index in [1.54, 1.807) is 24.0 Å². The van der Waals surface area contributed by atoms with E-state index in [-0.39, 0.29) is 6.10 Å². The molecule has 1 fully saturated rings. The third kappa shape index (κ3) is 4.08. The molecule has 1 aliphatic rings. The molecule has 1 aliphatic heterocycles. The summed E-state index contributed by atoms with van der Waals surface area (Å²) in [5, 5.41) is 4.90. The van der Waals surface area contributed by atoms with Crippen LogP contribution in [0.1, 0.15) is 18.5 Å². The molecule has 0 aliphatic carbocycles. The Kier molecular flexibility index (Phi) is 5.57. The fraction of sp³-hybridized carbons (Fsp3) is 0.292. The van der Waals surface area contributed by atoms with E-state index in [1.165, 1.54) is 0 Å². The van der Waals surface area contributed by atoms with Crippen LogP contribution in [0.4, 0.5) is 5.82 Å². The van der Waals surface area contributed by atoms with E-state index in [0.717, 1.165) is 59.8 Å². The Hall–Kier alpha value is -3.32. The first-order chi connectivity index (χ1) is 15.6. The van der Waals surface area contributed by atoms with Crippen LogP contribution >= 0.6 is 11.6 Å². The molecular weight excluding hydrogens is 426 g/mol. The lowest BCUT2D eigenvalue weighted by Crippen LogP contribution is -2.38. The van der Waals surface area contributed by atoms with E-state index < -0.39 is 0 Å². The summed E-state index contributed by atoms with van der Waals surface area (Å²) in [5.41, 5.74) is 3.73. The second kappa shape index (κ2) is 8.67. The molecule has 5 rings (SSSR count). The molecule has 0 amide bonds. The van der Waals surface area contributed by atoms with Gasteiger partial charge in [-0.05, 0) is 37.3 Å². The number of aryl methyl sites for hydroxylation is 1. The second-order valence-electron chi connectivity index (χ2n) is 7.92. The van der Waals surface area contributed by atoms with E-state index in [4.69, 9.17) is 26.1 Å². The van der Waals surface area contributed by atoms with E-state index in [0.29, 0.717) is 10.8 Å². The average molecular weight is 450 g/mol. The van der Waals surface area contributed by atoms with Gasteiger partial charge in [0.05, 0.1) is 36.2 Å². The molecule has 4 aromatic rings. The van der Waals surface area contributed by atoms with Crippen LogP contribution in [0.15, 0.2) is 55.1 Å². The van der Waals surface area contributed by atoms with Crippen molar-refractivity contribution >= 4 is 22.9 Å². The number of aromatic nitrogens is 4. The van der Waals surface area contributed by atoms with Gasteiger partial charge in [0.1, 0.15) is 23.4 Å². The van der Waals surface area contributed by atoms with Gasteiger partial charge in [-0.1, -0.05) is 11.6 Å². The average Bonchev–Trinajstić information content (AvgIpc) is 3.21. The Labute approximate surface area is 191 Å². The van der Waals surface area contributed by atoms with Crippen molar-refractivity contribution in [2.24, 2.45) is 0 Å². The maximum Gasteiger partial charge on any atom is 0.138 e. The number of fused-ring (bicyclic) bond motifs is 1. The van der Waals surface area contributed by atoms with Crippen LogP contribution in [0.5, 0.6) is 11.5 Å². The van der Waals surface area contributed by atoms with Gasteiger partial charge >= 0.3 is 0 Å². The van der Waals surface area contributed by atoms with Crippen molar-refractivity contribution in [2.75, 3.05) is 25.1 Å². The SMILES string of the molecule is COc1cc(-c2ccc(N3CCC(Oc4ccc(C)nc4)CC3)nc2)c2c(Cl)cnn2c1. The summed E-state index contributed by atoms with van der Waals surface area (Å²) >= 11 is 6.39. The summed E-state index contributed by atoms with van der Waals surface area (Å²) in [4.78, 5) is 11.3. The van der Waals surface area contributed by atoms with Gasteiger partial charge < -0.3 is 14.4 Å². The van der Waals surface area contributed by atoms with Crippen molar-refractivity contribution < 1.29 is 9.47 Å². The van der Waals surface area contributed by atoms with Crippen LogP contribution in [0.3, 0.4) is 0 Å². The summed E-state index contributed by atoms with van der Waals surface area (Å²) in [7, 11) is 1.64. The number of nitrogens with zero attached hydrogens (tertiary/aromatic N) is 5. The molecule has 5 heterocycles. The molecule has 0 atom stereocenters. The Morgan fingerprint density at radius 2 is 1.84 bits per heavy atom. The number of methoxy groups -OCH3 is 1. The predicted molar refractivity (Wildman–Crippen MR) is 125 cm³/mol. The molecule has 0 spiro atoms. The van der Waals surface area contributed by atoms with Crippen LogP contribution in [0.25, 0.3) is 16.6 Å². The number of hydrogen-bond acceptors (Lipinski definition) is 6. The number of anilines is 1. The summed E-state index contributed by atoms with van der Waals surface area (Å²) in [6.07, 6.45) is 9.21. The predicted octanol–water partition coefficient (Wildman–Crippen LogP) is 4.81. The van der Waals surface area contributed by atoms with Gasteiger partial charge in [-0.15, -0.1) is 0 Å². The molecule has 164 valence electrons. The highest BCUT2D eigenvalue weighted by molar-refractivity contribution is 6.34. The molecule has 32 heavy (non-hydrogen) atoms.